The Morgan fingerprint density at radius 2 is 1.61 bits per heavy atom. The number of benzene rings is 3. The number of nitrogens with two attached hydrogens (primary N) is 1. The molecule has 0 heterocycles. The highest BCUT2D eigenvalue weighted by Crippen LogP contribution is 2.26. The van der Waals surface area contributed by atoms with Crippen molar-refractivity contribution in [2.45, 2.75) is 0 Å². The maximum absolute atomic E-state index is 12.6. The van der Waals surface area contributed by atoms with E-state index in [1.807, 2.05) is 48.5 Å². The molecule has 0 fully saturated rings. The van der Waals surface area contributed by atoms with Crippen LogP contribution in [-0.4, -0.2) is 11.0 Å². The molecular weight excluding hydrogens is 288 g/mol. The molecule has 3 aromatic carbocycles. The Hall–Kier alpha value is -3.27. The standard InChI is InChI=1S/C19H16N2O2/c20-17-12-14(10-11-18(17)22)21-19(23)16-9-5-4-8-15(16)13-6-2-1-3-7-13/h1-12,22H,20H2,(H,21,23). The molecule has 0 radical (unpaired) electrons. The number of aromatic hydroxyl groups is 1. The summed E-state index contributed by atoms with van der Waals surface area (Å²) in [5, 5.41) is 12.3. The van der Waals surface area contributed by atoms with Crippen molar-refractivity contribution in [1.29, 1.82) is 0 Å². The molecule has 0 spiro atoms. The fraction of sp³-hybridized carbons (Fsp3) is 0. The minimum Gasteiger partial charge on any atom is -0.506 e. The van der Waals surface area contributed by atoms with Crippen LogP contribution in [0, 0.1) is 0 Å². The lowest BCUT2D eigenvalue weighted by molar-refractivity contribution is 0.102. The molecule has 114 valence electrons. The molecule has 0 unspecified atom stereocenters. The van der Waals surface area contributed by atoms with Crippen molar-refractivity contribution in [3.8, 4) is 16.9 Å². The largest absolute Gasteiger partial charge is 0.506 e. The topological polar surface area (TPSA) is 75.3 Å². The highest BCUT2D eigenvalue weighted by Gasteiger charge is 2.12. The van der Waals surface area contributed by atoms with Gasteiger partial charge in [0.25, 0.3) is 5.91 Å². The maximum Gasteiger partial charge on any atom is 0.256 e. The van der Waals surface area contributed by atoms with Crippen LogP contribution in [-0.2, 0) is 0 Å². The minimum atomic E-state index is -0.227. The van der Waals surface area contributed by atoms with E-state index in [9.17, 15) is 9.90 Å². The number of carbonyl (C=O) groups excluding carboxylic acids is 1. The van der Waals surface area contributed by atoms with Crippen molar-refractivity contribution in [3.05, 3.63) is 78.4 Å². The van der Waals surface area contributed by atoms with Crippen LogP contribution in [0.1, 0.15) is 10.4 Å². The Bertz CT molecular complexity index is 845. The smallest absolute Gasteiger partial charge is 0.256 e. The molecule has 1 amide bonds. The van der Waals surface area contributed by atoms with Gasteiger partial charge in [0.15, 0.2) is 0 Å². The molecule has 0 aliphatic rings. The van der Waals surface area contributed by atoms with Crippen molar-refractivity contribution in [3.63, 3.8) is 0 Å². The molecule has 0 aliphatic carbocycles. The van der Waals surface area contributed by atoms with Crippen molar-refractivity contribution in [2.24, 2.45) is 0 Å². The van der Waals surface area contributed by atoms with Crippen molar-refractivity contribution in [2.75, 3.05) is 11.1 Å². The maximum atomic E-state index is 12.6. The quantitative estimate of drug-likeness (QED) is 0.390. The molecule has 3 rings (SSSR count). The van der Waals surface area contributed by atoms with Gasteiger partial charge in [-0.15, -0.1) is 0 Å². The predicted octanol–water partition coefficient (Wildman–Crippen LogP) is 3.89. The van der Waals surface area contributed by atoms with E-state index in [4.69, 9.17) is 5.73 Å². The summed E-state index contributed by atoms with van der Waals surface area (Å²) in [6.45, 7) is 0. The molecule has 4 heteroatoms. The lowest BCUT2D eigenvalue weighted by Crippen LogP contribution is -2.13. The average Bonchev–Trinajstić information content (AvgIpc) is 2.59. The van der Waals surface area contributed by atoms with Gasteiger partial charge in [-0.3, -0.25) is 4.79 Å². The highest BCUT2D eigenvalue weighted by molar-refractivity contribution is 6.08. The second-order valence-corrected chi connectivity index (χ2v) is 5.14. The first-order chi connectivity index (χ1) is 11.1. The number of nitrogens with one attached hydrogen (secondary N) is 1. The minimum absolute atomic E-state index is 0.00677. The average molecular weight is 304 g/mol. The van der Waals surface area contributed by atoms with E-state index in [-0.39, 0.29) is 17.3 Å². The molecule has 23 heavy (non-hydrogen) atoms. The number of rotatable bonds is 3. The lowest BCUT2D eigenvalue weighted by Gasteiger charge is -2.11. The Labute approximate surface area is 134 Å². The fourth-order valence-electron chi connectivity index (χ4n) is 2.38. The molecule has 4 N–H and O–H groups in total. The predicted molar refractivity (Wildman–Crippen MR) is 92.4 cm³/mol. The Balaban J connectivity index is 1.92. The number of phenols is 1. The zero-order valence-corrected chi connectivity index (χ0v) is 12.4. The number of hydrogen-bond acceptors (Lipinski definition) is 3. The number of anilines is 2. The van der Waals surface area contributed by atoms with Crippen molar-refractivity contribution >= 4 is 17.3 Å². The van der Waals surface area contributed by atoms with E-state index in [2.05, 4.69) is 5.32 Å². The van der Waals surface area contributed by atoms with E-state index in [0.29, 0.717) is 11.3 Å². The van der Waals surface area contributed by atoms with E-state index >= 15 is 0 Å². The summed E-state index contributed by atoms with van der Waals surface area (Å²) in [5.41, 5.74) is 8.82. The van der Waals surface area contributed by atoms with Crippen LogP contribution in [0.4, 0.5) is 11.4 Å². The zero-order valence-electron chi connectivity index (χ0n) is 12.4. The van der Waals surface area contributed by atoms with Crippen molar-refractivity contribution in [1.82, 2.24) is 0 Å². The van der Waals surface area contributed by atoms with Crippen molar-refractivity contribution < 1.29 is 9.90 Å². The second-order valence-electron chi connectivity index (χ2n) is 5.14. The van der Waals surface area contributed by atoms with Crippen LogP contribution < -0.4 is 11.1 Å². The summed E-state index contributed by atoms with van der Waals surface area (Å²) in [5.74, 6) is -0.234. The molecule has 0 aromatic heterocycles. The van der Waals surface area contributed by atoms with Gasteiger partial charge < -0.3 is 16.2 Å². The third kappa shape index (κ3) is 3.16. The molecule has 0 bridgehead atoms. The van der Waals surface area contributed by atoms with Gasteiger partial charge in [-0.2, -0.15) is 0 Å². The van der Waals surface area contributed by atoms with E-state index < -0.39 is 0 Å². The number of phenolic OH excluding ortho intramolecular Hbond substituents is 1. The van der Waals surface area contributed by atoms with Gasteiger partial charge in [-0.05, 0) is 35.4 Å². The first-order valence-electron chi connectivity index (χ1n) is 7.19. The normalized spacial score (nSPS) is 10.3. The van der Waals surface area contributed by atoms with Crippen LogP contribution in [0.15, 0.2) is 72.8 Å². The third-order valence-corrected chi connectivity index (χ3v) is 3.54. The van der Waals surface area contributed by atoms with Crippen LogP contribution in [0.25, 0.3) is 11.1 Å². The van der Waals surface area contributed by atoms with Gasteiger partial charge in [-0.25, -0.2) is 0 Å². The van der Waals surface area contributed by atoms with Gasteiger partial charge in [0.2, 0.25) is 0 Å². The zero-order chi connectivity index (χ0) is 16.2. The molecular formula is C19H16N2O2. The highest BCUT2D eigenvalue weighted by atomic mass is 16.3. The second kappa shape index (κ2) is 6.23. The summed E-state index contributed by atoms with van der Waals surface area (Å²) < 4.78 is 0. The fourth-order valence-corrected chi connectivity index (χ4v) is 2.38. The third-order valence-electron chi connectivity index (χ3n) is 3.54. The van der Waals surface area contributed by atoms with Crippen LogP contribution >= 0.6 is 0 Å². The Kier molecular flexibility index (Phi) is 3.97. The summed E-state index contributed by atoms with van der Waals surface area (Å²) >= 11 is 0. The Morgan fingerprint density at radius 1 is 0.913 bits per heavy atom. The summed E-state index contributed by atoms with van der Waals surface area (Å²) in [4.78, 5) is 12.6. The molecule has 0 atom stereocenters. The van der Waals surface area contributed by atoms with Crippen LogP contribution in [0.5, 0.6) is 5.75 Å². The summed E-state index contributed by atoms with van der Waals surface area (Å²) in [6.07, 6.45) is 0. The molecule has 3 aromatic rings. The first-order valence-corrected chi connectivity index (χ1v) is 7.19. The van der Waals surface area contributed by atoms with E-state index in [1.165, 1.54) is 12.1 Å². The molecule has 0 saturated carbocycles. The van der Waals surface area contributed by atoms with Gasteiger partial charge in [0, 0.05) is 11.3 Å². The number of hydrogen-bond donors (Lipinski definition) is 3. The van der Waals surface area contributed by atoms with Gasteiger partial charge in [0.1, 0.15) is 5.75 Å². The number of nitrogen functional groups attached to an aromatic ring is 1. The number of carbonyl (C=O) groups is 1. The van der Waals surface area contributed by atoms with Gasteiger partial charge in [-0.1, -0.05) is 48.5 Å². The monoisotopic (exact) mass is 304 g/mol. The molecule has 0 saturated heterocycles. The first kappa shape index (κ1) is 14.7. The summed E-state index contributed by atoms with van der Waals surface area (Å²) in [6, 6.07) is 21.7. The molecule has 4 nitrogen and oxygen atoms in total. The SMILES string of the molecule is Nc1cc(NC(=O)c2ccccc2-c2ccccc2)ccc1O. The Morgan fingerprint density at radius 3 is 2.35 bits per heavy atom. The lowest BCUT2D eigenvalue weighted by atomic mass is 9.99. The van der Waals surface area contributed by atoms with Gasteiger partial charge in [0.05, 0.1) is 5.69 Å². The van der Waals surface area contributed by atoms with Crippen LogP contribution in [0.3, 0.4) is 0 Å². The number of amides is 1. The summed E-state index contributed by atoms with van der Waals surface area (Å²) in [7, 11) is 0. The van der Waals surface area contributed by atoms with Crippen LogP contribution in [0.2, 0.25) is 0 Å². The van der Waals surface area contributed by atoms with E-state index in [1.54, 1.807) is 12.1 Å². The van der Waals surface area contributed by atoms with E-state index in [0.717, 1.165) is 11.1 Å². The van der Waals surface area contributed by atoms with Gasteiger partial charge >= 0.3 is 0 Å². The molecule has 0 aliphatic heterocycles.